The van der Waals surface area contributed by atoms with E-state index in [9.17, 15) is 4.79 Å². The third-order valence-electron chi connectivity index (χ3n) is 6.57. The second kappa shape index (κ2) is 9.25. The molecule has 1 atom stereocenters. The van der Waals surface area contributed by atoms with E-state index in [1.807, 2.05) is 54.1 Å². The number of tetrazole rings is 1. The van der Waals surface area contributed by atoms with Gasteiger partial charge < -0.3 is 9.88 Å². The number of likely N-dealkylation sites (N-methyl/N-ethyl adjacent to an activating group) is 1. The maximum atomic E-state index is 13.3. The van der Waals surface area contributed by atoms with E-state index in [4.69, 9.17) is 0 Å². The number of aryl methyl sites for hydroxylation is 3. The minimum Gasteiger partial charge on any atom is -0.321 e. The maximum absolute atomic E-state index is 13.3. The minimum absolute atomic E-state index is 0.0849. The number of H-pyrrole nitrogens is 1. The number of rotatable bonds is 6. The van der Waals surface area contributed by atoms with Crippen LogP contribution in [0.25, 0.3) is 10.9 Å². The van der Waals surface area contributed by atoms with Crippen molar-refractivity contribution in [2.24, 2.45) is 0 Å². The lowest BCUT2D eigenvalue weighted by molar-refractivity contribution is 0.121. The van der Waals surface area contributed by atoms with E-state index in [1.54, 1.807) is 0 Å². The Morgan fingerprint density at radius 2 is 1.82 bits per heavy atom. The van der Waals surface area contributed by atoms with Crippen LogP contribution in [0.1, 0.15) is 28.6 Å². The largest absolute Gasteiger partial charge is 0.321 e. The molecular weight excluding hydrogens is 414 g/mol. The molecule has 0 saturated carbocycles. The van der Waals surface area contributed by atoms with E-state index in [2.05, 4.69) is 49.5 Å². The summed E-state index contributed by atoms with van der Waals surface area (Å²) < 4.78 is 1.86. The van der Waals surface area contributed by atoms with Crippen molar-refractivity contribution in [3.05, 3.63) is 87.5 Å². The Labute approximate surface area is 192 Å². The third kappa shape index (κ3) is 4.44. The molecule has 1 fully saturated rings. The van der Waals surface area contributed by atoms with Crippen molar-refractivity contribution in [2.45, 2.75) is 25.9 Å². The van der Waals surface area contributed by atoms with Crippen LogP contribution < -0.4 is 5.56 Å². The summed E-state index contributed by atoms with van der Waals surface area (Å²) in [6.45, 7) is 6.23. The molecule has 1 N–H and O–H groups in total. The van der Waals surface area contributed by atoms with Gasteiger partial charge in [0.2, 0.25) is 0 Å². The SMILES string of the molecule is Cc1cccc2cc([C@H](c3nnnn3CCc3ccccc3)N3CCN(C)CC3)c(=O)[nH]c12. The molecule has 1 saturated heterocycles. The van der Waals surface area contributed by atoms with Crippen molar-refractivity contribution in [2.75, 3.05) is 33.2 Å². The van der Waals surface area contributed by atoms with Crippen LogP contribution in [0, 0.1) is 6.92 Å². The molecule has 0 spiro atoms. The molecule has 0 amide bonds. The van der Waals surface area contributed by atoms with Crippen LogP contribution in [0.2, 0.25) is 0 Å². The monoisotopic (exact) mass is 443 g/mol. The number of fused-ring (bicyclic) bond motifs is 1. The number of aromatic nitrogens is 5. The lowest BCUT2D eigenvalue weighted by Crippen LogP contribution is -2.47. The number of hydrogen-bond donors (Lipinski definition) is 1. The minimum atomic E-state index is -0.307. The first-order chi connectivity index (χ1) is 16.1. The van der Waals surface area contributed by atoms with Gasteiger partial charge in [-0.1, -0.05) is 48.5 Å². The van der Waals surface area contributed by atoms with Crippen LogP contribution in [0.3, 0.4) is 0 Å². The molecule has 2 aromatic heterocycles. The van der Waals surface area contributed by atoms with Crippen LogP contribution in [0.4, 0.5) is 0 Å². The molecule has 2 aromatic carbocycles. The smallest absolute Gasteiger partial charge is 0.253 e. The van der Waals surface area contributed by atoms with E-state index in [-0.39, 0.29) is 11.6 Å². The van der Waals surface area contributed by atoms with Crippen molar-refractivity contribution in [1.82, 2.24) is 35.0 Å². The Morgan fingerprint density at radius 3 is 2.61 bits per heavy atom. The van der Waals surface area contributed by atoms with E-state index < -0.39 is 0 Å². The van der Waals surface area contributed by atoms with Gasteiger partial charge in [-0.25, -0.2) is 4.68 Å². The first-order valence-electron chi connectivity index (χ1n) is 11.5. The molecule has 5 rings (SSSR count). The highest BCUT2D eigenvalue weighted by molar-refractivity contribution is 5.82. The van der Waals surface area contributed by atoms with Crippen molar-refractivity contribution in [3.8, 4) is 0 Å². The number of benzene rings is 2. The summed E-state index contributed by atoms with van der Waals surface area (Å²) in [6, 6.07) is 18.1. The average molecular weight is 444 g/mol. The molecule has 4 aromatic rings. The summed E-state index contributed by atoms with van der Waals surface area (Å²) in [5.74, 6) is 0.716. The lowest BCUT2D eigenvalue weighted by Gasteiger charge is -2.37. The van der Waals surface area contributed by atoms with Crippen LogP contribution in [-0.2, 0) is 13.0 Å². The lowest BCUT2D eigenvalue weighted by atomic mass is 10.0. The highest BCUT2D eigenvalue weighted by Crippen LogP contribution is 2.28. The Hall–Kier alpha value is -3.36. The molecule has 8 heteroatoms. The van der Waals surface area contributed by atoms with Gasteiger partial charge in [0.05, 0.1) is 5.52 Å². The number of aromatic amines is 1. The number of piperazine rings is 1. The molecule has 3 heterocycles. The van der Waals surface area contributed by atoms with E-state index in [0.717, 1.165) is 49.1 Å². The number of pyridine rings is 1. The number of hydrogen-bond acceptors (Lipinski definition) is 6. The molecule has 33 heavy (non-hydrogen) atoms. The molecule has 0 radical (unpaired) electrons. The molecule has 0 aliphatic carbocycles. The van der Waals surface area contributed by atoms with Gasteiger partial charge in [-0.2, -0.15) is 0 Å². The van der Waals surface area contributed by atoms with Gasteiger partial charge in [0.25, 0.3) is 5.56 Å². The topological polar surface area (TPSA) is 82.9 Å². The van der Waals surface area contributed by atoms with Crippen LogP contribution in [0.15, 0.2) is 59.4 Å². The van der Waals surface area contributed by atoms with Crippen molar-refractivity contribution in [3.63, 3.8) is 0 Å². The fourth-order valence-electron chi connectivity index (χ4n) is 4.63. The van der Waals surface area contributed by atoms with Crippen LogP contribution in [-0.4, -0.2) is 68.2 Å². The normalized spacial score (nSPS) is 16.3. The Balaban J connectivity index is 1.56. The first kappa shape index (κ1) is 21.5. The second-order valence-corrected chi connectivity index (χ2v) is 8.83. The Kier molecular flexibility index (Phi) is 6.02. The highest BCUT2D eigenvalue weighted by Gasteiger charge is 2.32. The summed E-state index contributed by atoms with van der Waals surface area (Å²) in [5, 5.41) is 13.8. The molecule has 1 aliphatic rings. The van der Waals surface area contributed by atoms with E-state index in [1.165, 1.54) is 5.56 Å². The fourth-order valence-corrected chi connectivity index (χ4v) is 4.63. The third-order valence-corrected chi connectivity index (χ3v) is 6.57. The van der Waals surface area contributed by atoms with Crippen molar-refractivity contribution >= 4 is 10.9 Å². The molecule has 0 bridgehead atoms. The Morgan fingerprint density at radius 1 is 1.03 bits per heavy atom. The van der Waals surface area contributed by atoms with Gasteiger partial charge >= 0.3 is 0 Å². The zero-order valence-corrected chi connectivity index (χ0v) is 19.1. The molecule has 170 valence electrons. The number of para-hydroxylation sites is 1. The van der Waals surface area contributed by atoms with Gasteiger partial charge in [-0.15, -0.1) is 5.10 Å². The summed E-state index contributed by atoms with van der Waals surface area (Å²) in [4.78, 5) is 21.1. The van der Waals surface area contributed by atoms with Gasteiger partial charge in [0.1, 0.15) is 6.04 Å². The molecule has 8 nitrogen and oxygen atoms in total. The molecule has 1 aliphatic heterocycles. The van der Waals surface area contributed by atoms with Gasteiger partial charge in [0, 0.05) is 38.3 Å². The van der Waals surface area contributed by atoms with Crippen LogP contribution in [0.5, 0.6) is 0 Å². The zero-order chi connectivity index (χ0) is 22.8. The summed E-state index contributed by atoms with van der Waals surface area (Å²) in [7, 11) is 2.13. The van der Waals surface area contributed by atoms with E-state index >= 15 is 0 Å². The predicted octanol–water partition coefficient (Wildman–Crippen LogP) is 2.40. The summed E-state index contributed by atoms with van der Waals surface area (Å²) in [5.41, 5.74) is 3.77. The van der Waals surface area contributed by atoms with E-state index in [0.29, 0.717) is 17.9 Å². The number of nitrogens with one attached hydrogen (secondary N) is 1. The zero-order valence-electron chi connectivity index (χ0n) is 19.1. The summed E-state index contributed by atoms with van der Waals surface area (Å²) in [6.07, 6.45) is 0.821. The maximum Gasteiger partial charge on any atom is 0.253 e. The average Bonchev–Trinajstić information content (AvgIpc) is 3.29. The molecule has 0 unspecified atom stereocenters. The highest BCUT2D eigenvalue weighted by atomic mass is 16.1. The van der Waals surface area contributed by atoms with Gasteiger partial charge in [-0.3, -0.25) is 9.69 Å². The Bertz CT molecular complexity index is 1290. The quantitative estimate of drug-likeness (QED) is 0.493. The fraction of sp³-hybridized carbons (Fsp3) is 0.360. The predicted molar refractivity (Wildman–Crippen MR) is 128 cm³/mol. The number of nitrogens with zero attached hydrogens (tertiary/aromatic N) is 6. The van der Waals surface area contributed by atoms with Gasteiger partial charge in [0.15, 0.2) is 5.82 Å². The molecular formula is C25H29N7O. The van der Waals surface area contributed by atoms with Crippen molar-refractivity contribution < 1.29 is 0 Å². The summed E-state index contributed by atoms with van der Waals surface area (Å²) >= 11 is 0. The van der Waals surface area contributed by atoms with Crippen molar-refractivity contribution in [1.29, 1.82) is 0 Å². The standard InChI is InChI=1S/C25H29N7O/c1-18-7-6-10-20-17-21(25(33)26-22(18)20)23(31-15-13-30(2)14-16-31)24-27-28-29-32(24)12-11-19-8-4-3-5-9-19/h3-10,17,23H,11-16H2,1-2H3,(H,26,33)/t23-/m1/s1. The first-order valence-corrected chi connectivity index (χ1v) is 11.5. The van der Waals surface area contributed by atoms with Gasteiger partial charge in [-0.05, 0) is 53.4 Å². The van der Waals surface area contributed by atoms with Crippen LogP contribution >= 0.6 is 0 Å². The second-order valence-electron chi connectivity index (χ2n) is 8.83.